The van der Waals surface area contributed by atoms with Gasteiger partial charge in [-0.1, -0.05) is 13.0 Å². The Labute approximate surface area is 127 Å². The predicted molar refractivity (Wildman–Crippen MR) is 84.5 cm³/mol. The van der Waals surface area contributed by atoms with Crippen molar-refractivity contribution in [2.24, 2.45) is 0 Å². The van der Waals surface area contributed by atoms with E-state index in [9.17, 15) is 0 Å². The van der Waals surface area contributed by atoms with Gasteiger partial charge in [0.05, 0.1) is 4.47 Å². The standard InChI is InChI=1S/C15H18BrN3O/c1-4-5-13-18-14(17-3)9-15(19-13)20-12-7-6-10(2)8-11(12)16/h6-9H,4-5H2,1-3H3,(H,17,18,19). The van der Waals surface area contributed by atoms with Gasteiger partial charge in [0.15, 0.2) is 0 Å². The molecule has 0 amide bonds. The zero-order valence-electron chi connectivity index (χ0n) is 11.9. The van der Waals surface area contributed by atoms with Gasteiger partial charge in [-0.2, -0.15) is 4.98 Å². The molecule has 1 aromatic carbocycles. The normalized spacial score (nSPS) is 10.4. The zero-order chi connectivity index (χ0) is 14.5. The molecule has 0 aliphatic heterocycles. The number of nitrogens with one attached hydrogen (secondary N) is 1. The first-order chi connectivity index (χ1) is 9.62. The van der Waals surface area contributed by atoms with E-state index >= 15 is 0 Å². The molecule has 0 bridgehead atoms. The number of aromatic nitrogens is 2. The predicted octanol–water partition coefficient (Wildman–Crippen LogP) is 4.33. The van der Waals surface area contributed by atoms with Gasteiger partial charge in [-0.15, -0.1) is 0 Å². The van der Waals surface area contributed by atoms with Gasteiger partial charge in [-0.05, 0) is 47.0 Å². The molecule has 1 aromatic heterocycles. The second-order valence-corrected chi connectivity index (χ2v) is 5.40. The summed E-state index contributed by atoms with van der Waals surface area (Å²) in [6.45, 7) is 4.14. The summed E-state index contributed by atoms with van der Waals surface area (Å²) < 4.78 is 6.77. The van der Waals surface area contributed by atoms with Crippen LogP contribution >= 0.6 is 15.9 Å². The molecule has 1 heterocycles. The largest absolute Gasteiger partial charge is 0.438 e. The van der Waals surface area contributed by atoms with Crippen LogP contribution in [0.1, 0.15) is 24.7 Å². The summed E-state index contributed by atoms with van der Waals surface area (Å²) in [5, 5.41) is 3.03. The molecule has 0 fully saturated rings. The molecule has 0 aliphatic carbocycles. The zero-order valence-corrected chi connectivity index (χ0v) is 13.5. The van der Waals surface area contributed by atoms with Gasteiger partial charge in [0.25, 0.3) is 0 Å². The molecule has 1 N–H and O–H groups in total. The van der Waals surface area contributed by atoms with Crippen LogP contribution in [0.4, 0.5) is 5.82 Å². The van der Waals surface area contributed by atoms with Gasteiger partial charge < -0.3 is 10.1 Å². The van der Waals surface area contributed by atoms with Crippen LogP contribution in [-0.4, -0.2) is 17.0 Å². The van der Waals surface area contributed by atoms with E-state index < -0.39 is 0 Å². The van der Waals surface area contributed by atoms with Crippen molar-refractivity contribution in [2.75, 3.05) is 12.4 Å². The van der Waals surface area contributed by atoms with Crippen molar-refractivity contribution in [3.8, 4) is 11.6 Å². The highest BCUT2D eigenvalue weighted by Gasteiger charge is 2.08. The molecule has 0 unspecified atom stereocenters. The first kappa shape index (κ1) is 14.8. The van der Waals surface area contributed by atoms with Gasteiger partial charge in [-0.25, -0.2) is 4.98 Å². The fraction of sp³-hybridized carbons (Fsp3) is 0.333. The van der Waals surface area contributed by atoms with E-state index in [1.54, 1.807) is 6.07 Å². The molecule has 2 aromatic rings. The lowest BCUT2D eigenvalue weighted by Crippen LogP contribution is -2.02. The van der Waals surface area contributed by atoms with E-state index in [1.807, 2.05) is 32.2 Å². The van der Waals surface area contributed by atoms with Crippen molar-refractivity contribution in [1.82, 2.24) is 9.97 Å². The number of rotatable bonds is 5. The molecule has 0 spiro atoms. The van der Waals surface area contributed by atoms with E-state index in [-0.39, 0.29) is 0 Å². The van der Waals surface area contributed by atoms with Crippen LogP contribution in [-0.2, 0) is 6.42 Å². The van der Waals surface area contributed by atoms with E-state index in [2.05, 4.69) is 38.1 Å². The smallest absolute Gasteiger partial charge is 0.224 e. The summed E-state index contributed by atoms with van der Waals surface area (Å²) in [5.41, 5.74) is 1.18. The summed E-state index contributed by atoms with van der Waals surface area (Å²) in [5.74, 6) is 2.86. The number of benzene rings is 1. The molecule has 4 nitrogen and oxygen atoms in total. The van der Waals surface area contributed by atoms with Crippen LogP contribution in [0.5, 0.6) is 11.6 Å². The Morgan fingerprint density at radius 1 is 1.25 bits per heavy atom. The Balaban J connectivity index is 2.29. The number of hydrogen-bond donors (Lipinski definition) is 1. The summed E-state index contributed by atoms with van der Waals surface area (Å²) >= 11 is 3.51. The molecule has 0 aliphatic rings. The third-order valence-corrected chi connectivity index (χ3v) is 3.40. The molecule has 2 rings (SSSR count). The lowest BCUT2D eigenvalue weighted by molar-refractivity contribution is 0.456. The highest BCUT2D eigenvalue weighted by Crippen LogP contribution is 2.30. The molecule has 20 heavy (non-hydrogen) atoms. The maximum Gasteiger partial charge on any atom is 0.224 e. The monoisotopic (exact) mass is 335 g/mol. The van der Waals surface area contributed by atoms with Crippen molar-refractivity contribution in [2.45, 2.75) is 26.7 Å². The summed E-state index contributed by atoms with van der Waals surface area (Å²) in [4.78, 5) is 8.84. The Morgan fingerprint density at radius 3 is 2.70 bits per heavy atom. The molecular formula is C15H18BrN3O. The van der Waals surface area contributed by atoms with Gasteiger partial charge in [0.1, 0.15) is 17.4 Å². The van der Waals surface area contributed by atoms with Crippen LogP contribution in [0.2, 0.25) is 0 Å². The van der Waals surface area contributed by atoms with Crippen LogP contribution in [0.25, 0.3) is 0 Å². The summed E-state index contributed by atoms with van der Waals surface area (Å²) in [7, 11) is 1.84. The van der Waals surface area contributed by atoms with E-state index in [0.717, 1.165) is 34.7 Å². The van der Waals surface area contributed by atoms with Crippen LogP contribution in [0.3, 0.4) is 0 Å². The lowest BCUT2D eigenvalue weighted by atomic mass is 10.2. The maximum atomic E-state index is 5.86. The average molecular weight is 336 g/mol. The van der Waals surface area contributed by atoms with Crippen LogP contribution in [0.15, 0.2) is 28.7 Å². The number of halogens is 1. The van der Waals surface area contributed by atoms with Gasteiger partial charge in [0, 0.05) is 19.5 Å². The topological polar surface area (TPSA) is 47.0 Å². The molecule has 0 saturated heterocycles. The van der Waals surface area contributed by atoms with Gasteiger partial charge in [-0.3, -0.25) is 0 Å². The van der Waals surface area contributed by atoms with Crippen molar-refractivity contribution in [3.05, 3.63) is 40.1 Å². The fourth-order valence-corrected chi connectivity index (χ4v) is 2.36. The molecule has 5 heteroatoms. The third kappa shape index (κ3) is 3.70. The summed E-state index contributed by atoms with van der Waals surface area (Å²) in [6, 6.07) is 7.75. The van der Waals surface area contributed by atoms with Crippen molar-refractivity contribution in [1.29, 1.82) is 0 Å². The van der Waals surface area contributed by atoms with Gasteiger partial charge >= 0.3 is 0 Å². The first-order valence-corrected chi connectivity index (χ1v) is 7.41. The first-order valence-electron chi connectivity index (χ1n) is 6.62. The Kier molecular flexibility index (Phi) is 4.95. The van der Waals surface area contributed by atoms with E-state index in [0.29, 0.717) is 5.88 Å². The molecule has 0 radical (unpaired) electrons. The molecule has 106 valence electrons. The van der Waals surface area contributed by atoms with Crippen molar-refractivity contribution in [3.63, 3.8) is 0 Å². The number of nitrogens with zero attached hydrogens (tertiary/aromatic N) is 2. The maximum absolute atomic E-state index is 5.86. The van der Waals surface area contributed by atoms with Crippen LogP contribution < -0.4 is 10.1 Å². The lowest BCUT2D eigenvalue weighted by Gasteiger charge is -2.10. The fourth-order valence-electron chi connectivity index (χ4n) is 1.79. The number of aryl methyl sites for hydroxylation is 2. The Bertz CT molecular complexity index is 602. The van der Waals surface area contributed by atoms with E-state index in [1.165, 1.54) is 5.56 Å². The minimum Gasteiger partial charge on any atom is -0.438 e. The number of hydrogen-bond acceptors (Lipinski definition) is 4. The molecular weight excluding hydrogens is 318 g/mol. The minimum absolute atomic E-state index is 0.553. The number of anilines is 1. The Morgan fingerprint density at radius 2 is 2.05 bits per heavy atom. The van der Waals surface area contributed by atoms with E-state index in [4.69, 9.17) is 4.74 Å². The van der Waals surface area contributed by atoms with Crippen LogP contribution in [0, 0.1) is 6.92 Å². The molecule has 0 saturated carbocycles. The highest BCUT2D eigenvalue weighted by molar-refractivity contribution is 9.10. The second-order valence-electron chi connectivity index (χ2n) is 4.54. The summed E-state index contributed by atoms with van der Waals surface area (Å²) in [6.07, 6.45) is 1.84. The minimum atomic E-state index is 0.553. The number of ether oxygens (including phenoxy) is 1. The quantitative estimate of drug-likeness (QED) is 0.883. The SMILES string of the molecule is CCCc1nc(NC)cc(Oc2ccc(C)cc2Br)n1. The van der Waals surface area contributed by atoms with Crippen molar-refractivity contribution >= 4 is 21.7 Å². The average Bonchev–Trinajstić information content (AvgIpc) is 2.42. The third-order valence-electron chi connectivity index (χ3n) is 2.78. The van der Waals surface area contributed by atoms with Gasteiger partial charge in [0.2, 0.25) is 5.88 Å². The van der Waals surface area contributed by atoms with Crippen molar-refractivity contribution < 1.29 is 4.74 Å². The Hall–Kier alpha value is -1.62. The molecule has 0 atom stereocenters. The highest BCUT2D eigenvalue weighted by atomic mass is 79.9. The second kappa shape index (κ2) is 6.70.